The van der Waals surface area contributed by atoms with Crippen LogP contribution in [0.2, 0.25) is 10.0 Å². The molecule has 2 aromatic rings. The summed E-state index contributed by atoms with van der Waals surface area (Å²) in [5.41, 5.74) is 4.16. The molecule has 0 atom stereocenters. The largest absolute Gasteiger partial charge is 0.354 e. The Morgan fingerprint density at radius 2 is 2.15 bits per heavy atom. The number of nitrogens with one attached hydrogen (secondary N) is 1. The first-order chi connectivity index (χ1) is 9.56. The van der Waals surface area contributed by atoms with Crippen LogP contribution in [-0.2, 0) is 18.3 Å². The van der Waals surface area contributed by atoms with Crippen LogP contribution in [0.15, 0.2) is 41.6 Å². The molecule has 0 saturated carbocycles. The van der Waals surface area contributed by atoms with Crippen LogP contribution < -0.4 is 5.43 Å². The van der Waals surface area contributed by atoms with Crippen molar-refractivity contribution in [3.8, 4) is 0 Å². The van der Waals surface area contributed by atoms with Crippen LogP contribution in [0, 0.1) is 0 Å². The number of hydrogen-bond acceptors (Lipinski definition) is 2. The van der Waals surface area contributed by atoms with Crippen LogP contribution in [-0.4, -0.2) is 16.7 Å². The highest BCUT2D eigenvalue weighted by Gasteiger charge is 2.04. The van der Waals surface area contributed by atoms with E-state index in [4.69, 9.17) is 23.2 Å². The van der Waals surface area contributed by atoms with Crippen LogP contribution in [0.1, 0.15) is 11.3 Å². The van der Waals surface area contributed by atoms with Gasteiger partial charge in [0.25, 0.3) is 0 Å². The Morgan fingerprint density at radius 1 is 1.35 bits per heavy atom. The summed E-state index contributed by atoms with van der Waals surface area (Å²) in [5.74, 6) is -0.178. The van der Waals surface area contributed by atoms with Crippen molar-refractivity contribution < 1.29 is 4.79 Å². The number of aromatic nitrogens is 1. The Labute approximate surface area is 127 Å². The van der Waals surface area contributed by atoms with Gasteiger partial charge in [-0.1, -0.05) is 29.3 Å². The lowest BCUT2D eigenvalue weighted by atomic mass is 10.2. The third kappa shape index (κ3) is 3.85. The van der Waals surface area contributed by atoms with Crippen molar-refractivity contribution in [2.24, 2.45) is 12.1 Å². The standard InChI is InChI=1S/C14H13Cl2N3O/c1-19-6-2-3-11(19)8-14(20)18-17-9-10-4-5-12(15)13(16)7-10/h2-7,9H,8H2,1H3,(H,18,20)/b17-9+. The summed E-state index contributed by atoms with van der Waals surface area (Å²) < 4.78 is 1.89. The lowest BCUT2D eigenvalue weighted by Crippen LogP contribution is -2.20. The molecule has 1 amide bonds. The van der Waals surface area contributed by atoms with Crippen molar-refractivity contribution in [3.05, 3.63) is 57.8 Å². The van der Waals surface area contributed by atoms with Gasteiger partial charge in [-0.15, -0.1) is 0 Å². The Morgan fingerprint density at radius 3 is 2.80 bits per heavy atom. The fraction of sp³-hybridized carbons (Fsp3) is 0.143. The number of carbonyl (C=O) groups is 1. The van der Waals surface area contributed by atoms with Crippen molar-refractivity contribution in [3.63, 3.8) is 0 Å². The van der Waals surface area contributed by atoms with Crippen molar-refractivity contribution in [1.82, 2.24) is 9.99 Å². The zero-order valence-corrected chi connectivity index (χ0v) is 12.3. The quantitative estimate of drug-likeness (QED) is 0.685. The fourth-order valence-electron chi connectivity index (χ4n) is 1.66. The van der Waals surface area contributed by atoms with E-state index in [1.54, 1.807) is 18.2 Å². The predicted molar refractivity (Wildman–Crippen MR) is 81.3 cm³/mol. The Kier molecular flexibility index (Phi) is 4.82. The normalized spacial score (nSPS) is 10.9. The summed E-state index contributed by atoms with van der Waals surface area (Å²) in [6, 6.07) is 8.90. The number of benzene rings is 1. The molecule has 0 fully saturated rings. The molecule has 1 aromatic carbocycles. The Hall–Kier alpha value is -1.78. The van der Waals surface area contributed by atoms with Gasteiger partial charge in [0.1, 0.15) is 0 Å². The van der Waals surface area contributed by atoms with Gasteiger partial charge >= 0.3 is 0 Å². The van der Waals surface area contributed by atoms with E-state index in [-0.39, 0.29) is 12.3 Å². The molecule has 1 N–H and O–H groups in total. The second-order valence-corrected chi connectivity index (χ2v) is 5.07. The van der Waals surface area contributed by atoms with Gasteiger partial charge in [-0.25, -0.2) is 5.43 Å². The minimum absolute atomic E-state index is 0.178. The molecule has 1 heterocycles. The molecule has 0 unspecified atom stereocenters. The summed E-state index contributed by atoms with van der Waals surface area (Å²) >= 11 is 11.7. The van der Waals surface area contributed by atoms with Gasteiger partial charge in [0, 0.05) is 18.9 Å². The Balaban J connectivity index is 1.91. The molecule has 0 radical (unpaired) electrons. The number of hydrogen-bond donors (Lipinski definition) is 1. The number of hydrazone groups is 1. The highest BCUT2D eigenvalue weighted by molar-refractivity contribution is 6.42. The van der Waals surface area contributed by atoms with E-state index in [2.05, 4.69) is 10.5 Å². The van der Waals surface area contributed by atoms with Gasteiger partial charge in [-0.2, -0.15) is 5.10 Å². The highest BCUT2D eigenvalue weighted by atomic mass is 35.5. The second kappa shape index (κ2) is 6.59. The number of halogens is 2. The van der Waals surface area contributed by atoms with E-state index in [0.29, 0.717) is 10.0 Å². The van der Waals surface area contributed by atoms with Gasteiger partial charge in [-0.3, -0.25) is 4.79 Å². The lowest BCUT2D eigenvalue weighted by Gasteiger charge is -2.02. The average Bonchev–Trinajstić information content (AvgIpc) is 2.79. The lowest BCUT2D eigenvalue weighted by molar-refractivity contribution is -0.120. The molecule has 2 rings (SSSR count). The minimum atomic E-state index is -0.178. The smallest absolute Gasteiger partial charge is 0.245 e. The van der Waals surface area contributed by atoms with Gasteiger partial charge in [-0.05, 0) is 29.8 Å². The molecule has 0 aliphatic rings. The van der Waals surface area contributed by atoms with Crippen LogP contribution in [0.25, 0.3) is 0 Å². The number of aryl methyl sites for hydroxylation is 1. The van der Waals surface area contributed by atoms with Gasteiger partial charge < -0.3 is 4.57 Å². The number of carbonyl (C=O) groups excluding carboxylic acids is 1. The maximum absolute atomic E-state index is 11.7. The molecule has 0 saturated heterocycles. The van der Waals surface area contributed by atoms with E-state index in [1.165, 1.54) is 6.21 Å². The van der Waals surface area contributed by atoms with Crippen molar-refractivity contribution >= 4 is 35.3 Å². The Bertz CT molecular complexity index is 650. The van der Waals surface area contributed by atoms with Crippen molar-refractivity contribution in [2.75, 3.05) is 0 Å². The summed E-state index contributed by atoms with van der Waals surface area (Å²) in [7, 11) is 1.89. The zero-order valence-electron chi connectivity index (χ0n) is 10.8. The molecule has 6 heteroatoms. The first kappa shape index (κ1) is 14.6. The first-order valence-electron chi connectivity index (χ1n) is 5.93. The summed E-state index contributed by atoms with van der Waals surface area (Å²) in [6.07, 6.45) is 3.69. The third-order valence-corrected chi connectivity index (χ3v) is 3.48. The van der Waals surface area contributed by atoms with E-state index >= 15 is 0 Å². The van der Waals surface area contributed by atoms with E-state index in [1.807, 2.05) is 29.9 Å². The van der Waals surface area contributed by atoms with Gasteiger partial charge in [0.15, 0.2) is 0 Å². The summed E-state index contributed by atoms with van der Waals surface area (Å²) in [4.78, 5) is 11.7. The van der Waals surface area contributed by atoms with Crippen molar-refractivity contribution in [2.45, 2.75) is 6.42 Å². The molecule has 104 valence electrons. The predicted octanol–water partition coefficient (Wildman–Crippen LogP) is 3.02. The molecule has 0 bridgehead atoms. The maximum atomic E-state index is 11.7. The fourth-order valence-corrected chi connectivity index (χ4v) is 1.96. The highest BCUT2D eigenvalue weighted by Crippen LogP contribution is 2.21. The number of rotatable bonds is 4. The molecular formula is C14H13Cl2N3O. The maximum Gasteiger partial charge on any atom is 0.245 e. The van der Waals surface area contributed by atoms with Crippen LogP contribution in [0.4, 0.5) is 0 Å². The summed E-state index contributed by atoms with van der Waals surface area (Å²) in [6.45, 7) is 0. The number of amides is 1. The van der Waals surface area contributed by atoms with Crippen molar-refractivity contribution in [1.29, 1.82) is 0 Å². The van der Waals surface area contributed by atoms with Gasteiger partial charge in [0.05, 0.1) is 22.7 Å². The van der Waals surface area contributed by atoms with Crippen LogP contribution >= 0.6 is 23.2 Å². The molecule has 0 aliphatic carbocycles. The SMILES string of the molecule is Cn1cccc1CC(=O)N/N=C/c1ccc(Cl)c(Cl)c1. The topological polar surface area (TPSA) is 46.4 Å². The van der Waals surface area contributed by atoms with E-state index in [9.17, 15) is 4.79 Å². The summed E-state index contributed by atoms with van der Waals surface area (Å²) in [5, 5.41) is 4.82. The molecule has 0 aliphatic heterocycles. The van der Waals surface area contributed by atoms with Crippen LogP contribution in [0.5, 0.6) is 0 Å². The minimum Gasteiger partial charge on any atom is -0.354 e. The molecule has 1 aromatic heterocycles. The molecule has 20 heavy (non-hydrogen) atoms. The monoisotopic (exact) mass is 309 g/mol. The second-order valence-electron chi connectivity index (χ2n) is 4.25. The molecular weight excluding hydrogens is 297 g/mol. The van der Waals surface area contributed by atoms with E-state index < -0.39 is 0 Å². The zero-order chi connectivity index (χ0) is 14.5. The third-order valence-electron chi connectivity index (χ3n) is 2.74. The van der Waals surface area contributed by atoms with Crippen LogP contribution in [0.3, 0.4) is 0 Å². The molecule has 4 nitrogen and oxygen atoms in total. The van der Waals surface area contributed by atoms with Gasteiger partial charge in [0.2, 0.25) is 5.91 Å². The molecule has 0 spiro atoms. The van der Waals surface area contributed by atoms with E-state index in [0.717, 1.165) is 11.3 Å². The number of nitrogens with zero attached hydrogens (tertiary/aromatic N) is 2. The first-order valence-corrected chi connectivity index (χ1v) is 6.69. The average molecular weight is 310 g/mol.